The topological polar surface area (TPSA) is 75.7 Å². The third kappa shape index (κ3) is 5.73. The Hall–Kier alpha value is -3.59. The average Bonchev–Trinajstić information content (AvgIpc) is 2.82. The molecule has 0 saturated carbocycles. The van der Waals surface area contributed by atoms with Gasteiger partial charge in [-0.2, -0.15) is 0 Å². The van der Waals surface area contributed by atoms with Crippen LogP contribution >= 0.6 is 0 Å². The Morgan fingerprint density at radius 3 is 2.48 bits per heavy atom. The standard InChI is InChI=1S/C25H26N2O4/c1-3-23(28)27-15-5-4-12-22(27)24(29)26-21-11-7-9-19(17-21)14-13-18-8-6-10-20(16-18)25(30)31-2/h6-11,16-17,22H,3-5,12,15H2,1-2H3,(H,26,29). The SMILES string of the molecule is CCC(=O)N1CCCCC1C(=O)Nc1cccc(C#Cc2cccc(C(=O)OC)c2)c1. The molecular formula is C25H26N2O4. The zero-order chi connectivity index (χ0) is 22.2. The Labute approximate surface area is 182 Å². The van der Waals surface area contributed by atoms with Crippen LogP contribution in [0.5, 0.6) is 0 Å². The Kier molecular flexibility index (Phi) is 7.45. The molecule has 1 N–H and O–H groups in total. The monoisotopic (exact) mass is 418 g/mol. The maximum absolute atomic E-state index is 12.8. The highest BCUT2D eigenvalue weighted by molar-refractivity contribution is 5.97. The lowest BCUT2D eigenvalue weighted by molar-refractivity contribution is -0.140. The first-order valence-electron chi connectivity index (χ1n) is 10.4. The number of hydrogen-bond donors (Lipinski definition) is 1. The smallest absolute Gasteiger partial charge is 0.337 e. The summed E-state index contributed by atoms with van der Waals surface area (Å²) in [4.78, 5) is 38.4. The summed E-state index contributed by atoms with van der Waals surface area (Å²) in [7, 11) is 1.34. The molecule has 6 heteroatoms. The number of ether oxygens (including phenoxy) is 1. The molecule has 2 aromatic carbocycles. The summed E-state index contributed by atoms with van der Waals surface area (Å²) in [5, 5.41) is 2.93. The van der Waals surface area contributed by atoms with Crippen molar-refractivity contribution in [1.29, 1.82) is 0 Å². The molecule has 160 valence electrons. The summed E-state index contributed by atoms with van der Waals surface area (Å²) in [6, 6.07) is 13.7. The molecule has 3 rings (SSSR count). The molecule has 1 heterocycles. The number of piperidine rings is 1. The molecule has 1 fully saturated rings. The van der Waals surface area contributed by atoms with Crippen molar-refractivity contribution in [3.63, 3.8) is 0 Å². The van der Waals surface area contributed by atoms with Gasteiger partial charge < -0.3 is 15.0 Å². The number of amides is 2. The van der Waals surface area contributed by atoms with E-state index in [1.807, 2.05) is 25.1 Å². The van der Waals surface area contributed by atoms with Crippen molar-refractivity contribution in [2.45, 2.75) is 38.6 Å². The van der Waals surface area contributed by atoms with Crippen molar-refractivity contribution in [1.82, 2.24) is 4.90 Å². The third-order valence-corrected chi connectivity index (χ3v) is 5.19. The van der Waals surface area contributed by atoms with Crippen molar-refractivity contribution in [3.8, 4) is 11.8 Å². The van der Waals surface area contributed by atoms with Gasteiger partial charge in [0.2, 0.25) is 11.8 Å². The molecule has 0 radical (unpaired) electrons. The second kappa shape index (κ2) is 10.4. The molecule has 2 aromatic rings. The van der Waals surface area contributed by atoms with E-state index in [2.05, 4.69) is 17.2 Å². The van der Waals surface area contributed by atoms with E-state index in [-0.39, 0.29) is 11.8 Å². The fourth-order valence-corrected chi connectivity index (χ4v) is 3.59. The maximum atomic E-state index is 12.8. The van der Waals surface area contributed by atoms with Crippen LogP contribution in [0.15, 0.2) is 48.5 Å². The van der Waals surface area contributed by atoms with Gasteiger partial charge in [0.15, 0.2) is 0 Å². The van der Waals surface area contributed by atoms with Crippen LogP contribution in [-0.2, 0) is 14.3 Å². The van der Waals surface area contributed by atoms with Gasteiger partial charge in [0, 0.05) is 29.8 Å². The molecule has 1 atom stereocenters. The fraction of sp³-hybridized carbons (Fsp3) is 0.320. The lowest BCUT2D eigenvalue weighted by atomic mass is 10.0. The van der Waals surface area contributed by atoms with Crippen LogP contribution < -0.4 is 5.32 Å². The average molecular weight is 418 g/mol. The van der Waals surface area contributed by atoms with Crippen molar-refractivity contribution in [2.75, 3.05) is 19.0 Å². The fourth-order valence-electron chi connectivity index (χ4n) is 3.59. The number of likely N-dealkylation sites (tertiary alicyclic amines) is 1. The minimum absolute atomic E-state index is 0.00801. The van der Waals surface area contributed by atoms with Crippen LogP contribution in [-0.4, -0.2) is 42.4 Å². The van der Waals surface area contributed by atoms with Crippen LogP contribution in [0.4, 0.5) is 5.69 Å². The van der Waals surface area contributed by atoms with E-state index in [0.29, 0.717) is 36.2 Å². The molecule has 0 aliphatic carbocycles. The van der Waals surface area contributed by atoms with E-state index in [4.69, 9.17) is 4.74 Å². The number of carbonyl (C=O) groups is 3. The van der Waals surface area contributed by atoms with Crippen LogP contribution in [0.3, 0.4) is 0 Å². The van der Waals surface area contributed by atoms with Crippen molar-refractivity contribution in [2.24, 2.45) is 0 Å². The normalized spacial score (nSPS) is 15.4. The molecule has 1 unspecified atom stereocenters. The first-order chi connectivity index (χ1) is 15.0. The van der Waals surface area contributed by atoms with Crippen LogP contribution in [0.25, 0.3) is 0 Å². The highest BCUT2D eigenvalue weighted by Crippen LogP contribution is 2.20. The zero-order valence-corrected chi connectivity index (χ0v) is 17.8. The lowest BCUT2D eigenvalue weighted by Gasteiger charge is -2.34. The van der Waals surface area contributed by atoms with E-state index in [0.717, 1.165) is 18.4 Å². The number of benzene rings is 2. The number of carbonyl (C=O) groups excluding carboxylic acids is 3. The van der Waals surface area contributed by atoms with Gasteiger partial charge >= 0.3 is 5.97 Å². The number of methoxy groups -OCH3 is 1. The third-order valence-electron chi connectivity index (χ3n) is 5.19. The Balaban J connectivity index is 1.73. The largest absolute Gasteiger partial charge is 0.465 e. The highest BCUT2D eigenvalue weighted by Gasteiger charge is 2.31. The van der Waals surface area contributed by atoms with E-state index >= 15 is 0 Å². The minimum Gasteiger partial charge on any atom is -0.465 e. The summed E-state index contributed by atoms with van der Waals surface area (Å²) in [5.41, 5.74) is 2.49. The molecule has 1 aliphatic rings. The summed E-state index contributed by atoms with van der Waals surface area (Å²) in [6.45, 7) is 2.44. The van der Waals surface area contributed by atoms with Crippen LogP contribution in [0.1, 0.15) is 54.1 Å². The second-order valence-corrected chi connectivity index (χ2v) is 7.34. The highest BCUT2D eigenvalue weighted by atomic mass is 16.5. The lowest BCUT2D eigenvalue weighted by Crippen LogP contribution is -2.49. The predicted octanol–water partition coefficient (Wildman–Crippen LogP) is 3.60. The molecular weight excluding hydrogens is 392 g/mol. The number of nitrogens with zero attached hydrogens (tertiary/aromatic N) is 1. The summed E-state index contributed by atoms with van der Waals surface area (Å²) < 4.78 is 4.73. The molecule has 1 saturated heterocycles. The Morgan fingerprint density at radius 1 is 1.06 bits per heavy atom. The summed E-state index contributed by atoms with van der Waals surface area (Å²) >= 11 is 0. The number of anilines is 1. The molecule has 31 heavy (non-hydrogen) atoms. The van der Waals surface area contributed by atoms with Gasteiger partial charge in [-0.15, -0.1) is 0 Å². The molecule has 0 aromatic heterocycles. The van der Waals surface area contributed by atoms with Crippen LogP contribution in [0.2, 0.25) is 0 Å². The quantitative estimate of drug-likeness (QED) is 0.608. The van der Waals surface area contributed by atoms with Gasteiger partial charge in [-0.1, -0.05) is 30.9 Å². The Bertz CT molecular complexity index is 1040. The summed E-state index contributed by atoms with van der Waals surface area (Å²) in [6.07, 6.45) is 2.93. The number of hydrogen-bond acceptors (Lipinski definition) is 4. The molecule has 6 nitrogen and oxygen atoms in total. The van der Waals surface area contributed by atoms with Gasteiger partial charge in [-0.05, 0) is 55.7 Å². The van der Waals surface area contributed by atoms with Crippen molar-refractivity contribution >= 4 is 23.5 Å². The van der Waals surface area contributed by atoms with Gasteiger partial charge in [-0.3, -0.25) is 9.59 Å². The second-order valence-electron chi connectivity index (χ2n) is 7.34. The molecule has 0 spiro atoms. The first-order valence-corrected chi connectivity index (χ1v) is 10.4. The molecule has 2 amide bonds. The maximum Gasteiger partial charge on any atom is 0.337 e. The van der Waals surface area contributed by atoms with Gasteiger partial charge in [0.25, 0.3) is 0 Å². The van der Waals surface area contributed by atoms with E-state index in [1.165, 1.54) is 7.11 Å². The first kappa shape index (κ1) is 22.1. The van der Waals surface area contributed by atoms with Gasteiger partial charge in [0.05, 0.1) is 12.7 Å². The van der Waals surface area contributed by atoms with Crippen molar-refractivity contribution in [3.05, 3.63) is 65.2 Å². The predicted molar refractivity (Wildman–Crippen MR) is 118 cm³/mol. The minimum atomic E-state index is -0.433. The van der Waals surface area contributed by atoms with Crippen LogP contribution in [0, 0.1) is 11.8 Å². The van der Waals surface area contributed by atoms with E-state index in [1.54, 1.807) is 35.2 Å². The summed E-state index contributed by atoms with van der Waals surface area (Å²) in [5.74, 6) is 5.52. The number of rotatable bonds is 4. The van der Waals surface area contributed by atoms with Crippen molar-refractivity contribution < 1.29 is 19.1 Å². The van der Waals surface area contributed by atoms with E-state index < -0.39 is 12.0 Å². The van der Waals surface area contributed by atoms with Gasteiger partial charge in [-0.25, -0.2) is 4.79 Å². The zero-order valence-electron chi connectivity index (χ0n) is 17.8. The molecule has 1 aliphatic heterocycles. The molecule has 0 bridgehead atoms. The Morgan fingerprint density at radius 2 is 1.77 bits per heavy atom. The number of nitrogens with one attached hydrogen (secondary N) is 1. The van der Waals surface area contributed by atoms with E-state index in [9.17, 15) is 14.4 Å². The number of esters is 1. The van der Waals surface area contributed by atoms with Gasteiger partial charge in [0.1, 0.15) is 6.04 Å².